The summed E-state index contributed by atoms with van der Waals surface area (Å²) in [4.78, 5) is 61.7. The summed E-state index contributed by atoms with van der Waals surface area (Å²) in [5.41, 5.74) is -0.0914. The average molecular weight is 1150 g/mol. The Balaban J connectivity index is 0.000000827. The number of nitrogens with zero attached hydrogens (tertiary/aromatic N) is 2. The molecule has 0 aliphatic carbocycles. The molecular weight excluding hydrogens is 1050 g/mol. The molecule has 1 unspecified atom stereocenters. The van der Waals surface area contributed by atoms with Crippen molar-refractivity contribution in [3.63, 3.8) is 0 Å². The summed E-state index contributed by atoms with van der Waals surface area (Å²) < 4.78 is 67.7. The standard InChI is InChI=1S/C44H62N2O14P2.C16H36N/c1-4-6-8-10-12-14-16-18-41(47)58-37-24-20-35(21-25-37)31-55-62(53,56-32-36-22-26-38(27-23-36)59-42(48)19-17-15-13-11-9-7-5-2)60-61(51,52)54-33-39-28-29-40(57-39)46-30-34(3)43(49)45-44(46)50;1-5-9-13-17(14-10-6-2,15-11-7-3)16-12-8-4/h20-30,39-40H,4-19,31-33H2,1-3H3,(H,51,52)(H,45,49,50);5-16H2,1-4H3/q;+1/t39-,40+;/m0./s1. The minimum absolute atomic E-state index is 0.271. The molecule has 3 aromatic rings. The number of esters is 2. The fraction of sp³-hybridized carbons (Fsp3) is 0.667. The van der Waals surface area contributed by atoms with Gasteiger partial charge in [-0.15, -0.1) is 0 Å². The van der Waals surface area contributed by atoms with Gasteiger partial charge in [0.05, 0.1) is 46.0 Å². The summed E-state index contributed by atoms with van der Waals surface area (Å²) in [6.07, 6.45) is 29.1. The van der Waals surface area contributed by atoms with E-state index < -0.39 is 59.0 Å². The van der Waals surface area contributed by atoms with E-state index in [-0.39, 0.29) is 17.5 Å². The first-order valence-corrected chi connectivity index (χ1v) is 32.7. The molecule has 0 saturated carbocycles. The molecule has 0 amide bonds. The highest BCUT2D eigenvalue weighted by molar-refractivity contribution is 7.61. The highest BCUT2D eigenvalue weighted by atomic mass is 31.3. The number of carbonyl (C=O) groups is 2. The van der Waals surface area contributed by atoms with E-state index in [0.29, 0.717) is 35.5 Å². The van der Waals surface area contributed by atoms with Gasteiger partial charge in [-0.1, -0.05) is 175 Å². The molecule has 2 N–H and O–H groups in total. The summed E-state index contributed by atoms with van der Waals surface area (Å²) in [5.74, 6) is -0.0829. The first kappa shape index (κ1) is 69.2. The number of H-pyrrole nitrogens is 1. The Morgan fingerprint density at radius 2 is 0.987 bits per heavy atom. The number of carbonyl (C=O) groups excluding carboxylic acids is 2. The molecular formula is C60H98N3O14P2+. The van der Waals surface area contributed by atoms with Crippen LogP contribution in [-0.2, 0) is 54.6 Å². The van der Waals surface area contributed by atoms with Gasteiger partial charge in [-0.3, -0.25) is 37.5 Å². The maximum atomic E-state index is 14.0. The molecule has 2 aromatic carbocycles. The predicted octanol–water partition coefficient (Wildman–Crippen LogP) is 15.1. The lowest BCUT2D eigenvalue weighted by atomic mass is 10.1. The molecule has 4 rings (SSSR count). The van der Waals surface area contributed by atoms with Gasteiger partial charge >= 0.3 is 33.3 Å². The molecule has 446 valence electrons. The van der Waals surface area contributed by atoms with Crippen LogP contribution in [0.5, 0.6) is 11.5 Å². The number of aryl methyl sites for hydroxylation is 1. The van der Waals surface area contributed by atoms with Gasteiger partial charge < -0.3 is 23.6 Å². The molecule has 1 aromatic heterocycles. The highest BCUT2D eigenvalue weighted by Gasteiger charge is 2.39. The van der Waals surface area contributed by atoms with Gasteiger partial charge in [-0.2, -0.15) is 4.31 Å². The van der Waals surface area contributed by atoms with E-state index in [1.165, 1.54) is 146 Å². The molecule has 17 nitrogen and oxygen atoms in total. The highest BCUT2D eigenvalue weighted by Crippen LogP contribution is 2.64. The van der Waals surface area contributed by atoms with Crippen LogP contribution in [0.4, 0.5) is 0 Å². The number of rotatable bonds is 42. The van der Waals surface area contributed by atoms with Gasteiger partial charge in [0.1, 0.15) is 17.6 Å². The minimum Gasteiger partial charge on any atom is -0.427 e. The van der Waals surface area contributed by atoms with Crippen molar-refractivity contribution in [1.29, 1.82) is 0 Å². The Hall–Kier alpha value is -4.02. The fourth-order valence-electron chi connectivity index (χ4n) is 9.00. The maximum Gasteiger partial charge on any atom is 0.484 e. The van der Waals surface area contributed by atoms with Crippen molar-refractivity contribution in [3.8, 4) is 11.5 Å². The summed E-state index contributed by atoms with van der Waals surface area (Å²) in [7, 11) is -10.0. The first-order valence-electron chi connectivity index (χ1n) is 29.7. The normalized spacial score (nSPS) is 15.1. The van der Waals surface area contributed by atoms with Crippen LogP contribution in [-0.4, -0.2) is 69.8 Å². The molecule has 1 aliphatic rings. The number of benzene rings is 2. The van der Waals surface area contributed by atoms with Crippen molar-refractivity contribution in [1.82, 2.24) is 9.55 Å². The van der Waals surface area contributed by atoms with E-state index in [0.717, 1.165) is 55.9 Å². The van der Waals surface area contributed by atoms with Crippen molar-refractivity contribution in [2.75, 3.05) is 32.8 Å². The molecule has 79 heavy (non-hydrogen) atoms. The van der Waals surface area contributed by atoms with Crippen molar-refractivity contribution in [3.05, 3.63) is 104 Å². The van der Waals surface area contributed by atoms with E-state index in [1.54, 1.807) is 48.5 Å². The van der Waals surface area contributed by atoms with Crippen molar-refractivity contribution in [2.24, 2.45) is 0 Å². The lowest BCUT2D eigenvalue weighted by Crippen LogP contribution is -2.50. The Bertz CT molecular complexity index is 2290. The average Bonchev–Trinajstić information content (AvgIpc) is 3.91. The van der Waals surface area contributed by atoms with Crippen LogP contribution in [0.15, 0.2) is 76.5 Å². The lowest BCUT2D eigenvalue weighted by Gasteiger charge is -2.39. The maximum absolute atomic E-state index is 14.0. The van der Waals surface area contributed by atoms with E-state index in [9.17, 15) is 33.2 Å². The molecule has 19 heteroatoms. The summed E-state index contributed by atoms with van der Waals surface area (Å²) in [6, 6.07) is 12.4. The largest absolute Gasteiger partial charge is 0.484 e. The molecule has 0 spiro atoms. The number of hydrogen-bond acceptors (Lipinski definition) is 13. The zero-order valence-electron chi connectivity index (χ0n) is 49.0. The Morgan fingerprint density at radius 3 is 1.41 bits per heavy atom. The number of phosphoric ester groups is 2. The van der Waals surface area contributed by atoms with Crippen LogP contribution in [0.3, 0.4) is 0 Å². The van der Waals surface area contributed by atoms with Crippen LogP contribution in [0.2, 0.25) is 0 Å². The summed E-state index contributed by atoms with van der Waals surface area (Å²) in [6.45, 7) is 19.5. The summed E-state index contributed by atoms with van der Waals surface area (Å²) >= 11 is 0. The number of hydrogen-bond donors (Lipinski definition) is 2. The van der Waals surface area contributed by atoms with Crippen LogP contribution in [0.25, 0.3) is 0 Å². The van der Waals surface area contributed by atoms with Crippen LogP contribution in [0.1, 0.15) is 219 Å². The molecule has 0 fully saturated rings. The third-order valence-electron chi connectivity index (χ3n) is 13.8. The minimum atomic E-state index is -5.17. The number of phosphoric acid groups is 2. The predicted molar refractivity (Wildman–Crippen MR) is 312 cm³/mol. The van der Waals surface area contributed by atoms with Crippen LogP contribution >= 0.6 is 15.6 Å². The van der Waals surface area contributed by atoms with E-state index >= 15 is 0 Å². The fourth-order valence-corrected chi connectivity index (χ4v) is 11.6. The number of quaternary nitrogens is 1. The zero-order chi connectivity index (χ0) is 57.8. The smallest absolute Gasteiger partial charge is 0.427 e. The quantitative estimate of drug-likeness (QED) is 0.0135. The Kier molecular flexibility index (Phi) is 34.6. The third-order valence-corrected chi connectivity index (χ3v) is 16.8. The summed E-state index contributed by atoms with van der Waals surface area (Å²) in [5, 5.41) is 0. The second-order valence-corrected chi connectivity index (χ2v) is 24.2. The molecule has 0 bridgehead atoms. The van der Waals surface area contributed by atoms with Gasteiger partial charge in [0.25, 0.3) is 5.56 Å². The Labute approximate surface area is 472 Å². The number of nitrogens with one attached hydrogen (secondary N) is 1. The topological polar surface area (TPSA) is 208 Å². The van der Waals surface area contributed by atoms with Gasteiger partial charge in [0.2, 0.25) is 0 Å². The molecule has 0 radical (unpaired) electrons. The van der Waals surface area contributed by atoms with E-state index in [2.05, 4.69) is 46.5 Å². The number of unbranched alkanes of at least 4 members (excludes halogenated alkanes) is 16. The van der Waals surface area contributed by atoms with E-state index in [4.69, 9.17) is 32.1 Å². The molecule has 1 aliphatic heterocycles. The van der Waals surface area contributed by atoms with Gasteiger partial charge in [-0.25, -0.2) is 13.9 Å². The van der Waals surface area contributed by atoms with Crippen molar-refractivity contribution in [2.45, 2.75) is 228 Å². The van der Waals surface area contributed by atoms with Crippen LogP contribution in [0, 0.1) is 6.92 Å². The van der Waals surface area contributed by atoms with E-state index in [1.807, 2.05) is 0 Å². The van der Waals surface area contributed by atoms with Gasteiger partial charge in [0, 0.05) is 24.6 Å². The SMILES string of the molecule is CCCCCCCCCC(=O)Oc1ccc(COP(=O)(OCc2ccc(OC(=O)CCCCCCCCC)cc2)OP(=O)(O)OC[C@@H]2C=C[C@H](n3cc(C)c(=O)[nH]c3=O)O2)cc1.CCCC[N+](CCCC)(CCCC)CCCC. The lowest BCUT2D eigenvalue weighted by molar-refractivity contribution is -0.929. The monoisotopic (exact) mass is 1150 g/mol. The number of aromatic nitrogens is 2. The Morgan fingerprint density at radius 1 is 0.582 bits per heavy atom. The first-order chi connectivity index (χ1) is 38.0. The van der Waals surface area contributed by atoms with Crippen molar-refractivity contribution >= 4 is 27.6 Å². The number of aromatic amines is 1. The second kappa shape index (κ2) is 39.4. The zero-order valence-corrected chi connectivity index (χ0v) is 50.8. The van der Waals surface area contributed by atoms with Gasteiger partial charge in [-0.05, 0) is 86.9 Å². The van der Waals surface area contributed by atoms with Gasteiger partial charge in [0.15, 0.2) is 6.23 Å². The third kappa shape index (κ3) is 29.0. The molecule has 3 atom stereocenters. The molecule has 0 saturated heterocycles. The molecule has 2 heterocycles. The number of ether oxygens (including phenoxy) is 3. The van der Waals surface area contributed by atoms with Crippen LogP contribution < -0.4 is 20.7 Å². The second-order valence-electron chi connectivity index (χ2n) is 20.9. The van der Waals surface area contributed by atoms with Crippen molar-refractivity contribution < 1.29 is 60.2 Å².